The predicted octanol–water partition coefficient (Wildman–Crippen LogP) is 4.28. The van der Waals surface area contributed by atoms with Gasteiger partial charge in [-0.25, -0.2) is 9.79 Å². The second-order valence-corrected chi connectivity index (χ2v) is 7.21. The van der Waals surface area contributed by atoms with Crippen LogP contribution in [-0.4, -0.2) is 30.5 Å². The van der Waals surface area contributed by atoms with Crippen LogP contribution in [0.4, 0.5) is 16.2 Å². The Hall–Kier alpha value is -3.06. The first-order chi connectivity index (χ1) is 13.8. The molecule has 7 nitrogen and oxygen atoms in total. The number of hydrogen-bond acceptors (Lipinski definition) is 4. The molecule has 0 saturated carbocycles. The molecule has 4 N–H and O–H groups in total. The van der Waals surface area contributed by atoms with Crippen molar-refractivity contribution in [2.45, 2.75) is 39.3 Å². The first kappa shape index (κ1) is 22.2. The highest BCUT2D eigenvalue weighted by Gasteiger charge is 2.13. The summed E-state index contributed by atoms with van der Waals surface area (Å²) in [5.74, 6) is -0.305. The molecule has 0 saturated heterocycles. The standard InChI is InChI=1S/C21H25ClN4O3/c1-13(2)29-21(28)25-14(3)9-15-7-8-19(18(22)10-15)26-20(27)16-5-4-6-17(11-16)24-12-23/h4-8,10-14H,9H2,1-3H3,(H2,23,24)(H,25,28)(H,26,27). The zero-order chi connectivity index (χ0) is 21.4. The minimum absolute atomic E-state index is 0.136. The van der Waals surface area contributed by atoms with Crippen molar-refractivity contribution in [3.8, 4) is 0 Å². The van der Waals surface area contributed by atoms with Crippen molar-refractivity contribution in [1.82, 2.24) is 5.32 Å². The molecular weight excluding hydrogens is 392 g/mol. The summed E-state index contributed by atoms with van der Waals surface area (Å²) in [5, 5.41) is 5.96. The number of nitrogens with two attached hydrogens (primary N) is 1. The van der Waals surface area contributed by atoms with E-state index in [1.165, 1.54) is 6.34 Å². The molecule has 0 fully saturated rings. The van der Waals surface area contributed by atoms with Crippen LogP contribution >= 0.6 is 11.6 Å². The van der Waals surface area contributed by atoms with Crippen LogP contribution in [0.1, 0.15) is 36.7 Å². The van der Waals surface area contributed by atoms with Gasteiger partial charge in [-0.15, -0.1) is 0 Å². The van der Waals surface area contributed by atoms with E-state index in [1.54, 1.807) is 50.2 Å². The fourth-order valence-electron chi connectivity index (χ4n) is 2.65. The van der Waals surface area contributed by atoms with Crippen molar-refractivity contribution in [2.75, 3.05) is 5.32 Å². The minimum atomic E-state index is -0.455. The second-order valence-electron chi connectivity index (χ2n) is 6.80. The number of carbonyl (C=O) groups is 2. The average molecular weight is 417 g/mol. The summed E-state index contributed by atoms with van der Waals surface area (Å²) in [5.41, 5.74) is 7.72. The molecule has 0 aliphatic heterocycles. The number of aliphatic imine (C=N–C) groups is 1. The van der Waals surface area contributed by atoms with Crippen LogP contribution in [0.25, 0.3) is 0 Å². The molecule has 1 atom stereocenters. The molecule has 2 aromatic rings. The Morgan fingerprint density at radius 1 is 1.21 bits per heavy atom. The van der Waals surface area contributed by atoms with E-state index in [4.69, 9.17) is 22.1 Å². The Morgan fingerprint density at radius 2 is 1.97 bits per heavy atom. The van der Waals surface area contributed by atoms with Crippen molar-refractivity contribution < 1.29 is 14.3 Å². The van der Waals surface area contributed by atoms with Crippen LogP contribution in [0.5, 0.6) is 0 Å². The van der Waals surface area contributed by atoms with Crippen molar-refractivity contribution >= 4 is 41.3 Å². The van der Waals surface area contributed by atoms with Gasteiger partial charge in [0.1, 0.15) is 0 Å². The van der Waals surface area contributed by atoms with Gasteiger partial charge < -0.3 is 21.1 Å². The molecule has 0 heterocycles. The normalized spacial score (nSPS) is 12.0. The quantitative estimate of drug-likeness (QED) is 0.462. The van der Waals surface area contributed by atoms with Gasteiger partial charge in [0.05, 0.1) is 28.8 Å². The van der Waals surface area contributed by atoms with E-state index in [1.807, 2.05) is 13.0 Å². The molecule has 2 rings (SSSR count). The Bertz CT molecular complexity index is 899. The fourth-order valence-corrected chi connectivity index (χ4v) is 2.90. The third-order valence-corrected chi connectivity index (χ3v) is 4.18. The number of nitrogens with one attached hydrogen (secondary N) is 2. The van der Waals surface area contributed by atoms with Gasteiger partial charge in [-0.1, -0.05) is 23.7 Å². The van der Waals surface area contributed by atoms with E-state index in [0.717, 1.165) is 5.56 Å². The lowest BCUT2D eigenvalue weighted by Gasteiger charge is -2.16. The number of ether oxygens (including phenoxy) is 1. The molecule has 1 unspecified atom stereocenters. The maximum atomic E-state index is 12.5. The Morgan fingerprint density at radius 3 is 2.62 bits per heavy atom. The maximum absolute atomic E-state index is 12.5. The van der Waals surface area contributed by atoms with Gasteiger partial charge in [0, 0.05) is 11.6 Å². The number of hydrogen-bond donors (Lipinski definition) is 3. The zero-order valence-corrected chi connectivity index (χ0v) is 17.4. The van der Waals surface area contributed by atoms with Crippen LogP contribution in [0.2, 0.25) is 5.02 Å². The van der Waals surface area contributed by atoms with Gasteiger partial charge in [0.25, 0.3) is 5.91 Å². The van der Waals surface area contributed by atoms with Gasteiger partial charge in [-0.3, -0.25) is 4.79 Å². The molecule has 2 amide bonds. The summed E-state index contributed by atoms with van der Waals surface area (Å²) in [6.45, 7) is 5.46. The molecule has 0 aliphatic rings. The van der Waals surface area contributed by atoms with E-state index in [9.17, 15) is 9.59 Å². The van der Waals surface area contributed by atoms with E-state index in [0.29, 0.717) is 28.4 Å². The summed E-state index contributed by atoms with van der Waals surface area (Å²) in [6, 6.07) is 12.0. The molecule has 2 aromatic carbocycles. The number of rotatable bonds is 7. The second kappa shape index (κ2) is 10.5. The molecule has 154 valence electrons. The predicted molar refractivity (Wildman–Crippen MR) is 116 cm³/mol. The van der Waals surface area contributed by atoms with Gasteiger partial charge >= 0.3 is 6.09 Å². The summed E-state index contributed by atoms with van der Waals surface area (Å²) < 4.78 is 5.07. The Labute approximate surface area is 175 Å². The molecule has 0 spiro atoms. The smallest absolute Gasteiger partial charge is 0.407 e. The van der Waals surface area contributed by atoms with Gasteiger partial charge in [-0.2, -0.15) is 0 Å². The van der Waals surface area contributed by atoms with E-state index in [2.05, 4.69) is 15.6 Å². The summed E-state index contributed by atoms with van der Waals surface area (Å²) in [6.07, 6.45) is 1.11. The third kappa shape index (κ3) is 7.12. The number of amides is 2. The molecule has 8 heteroatoms. The van der Waals surface area contributed by atoms with Crippen LogP contribution in [0.15, 0.2) is 47.5 Å². The topological polar surface area (TPSA) is 106 Å². The van der Waals surface area contributed by atoms with Crippen molar-refractivity contribution in [1.29, 1.82) is 0 Å². The zero-order valence-electron chi connectivity index (χ0n) is 16.6. The first-order valence-electron chi connectivity index (χ1n) is 9.19. The number of anilines is 1. The SMILES string of the molecule is CC(Cc1ccc(NC(=O)c2cccc(N=CN)c2)c(Cl)c1)NC(=O)OC(C)C. The van der Waals surface area contributed by atoms with Gasteiger partial charge in [0.15, 0.2) is 0 Å². The molecule has 0 bridgehead atoms. The number of halogens is 1. The van der Waals surface area contributed by atoms with E-state index < -0.39 is 6.09 Å². The number of carbonyl (C=O) groups excluding carboxylic acids is 2. The largest absolute Gasteiger partial charge is 0.447 e. The van der Waals surface area contributed by atoms with E-state index in [-0.39, 0.29) is 18.1 Å². The lowest BCUT2D eigenvalue weighted by atomic mass is 10.1. The number of nitrogens with zero attached hydrogens (tertiary/aromatic N) is 1. The molecule has 0 aromatic heterocycles. The minimum Gasteiger partial charge on any atom is -0.447 e. The summed E-state index contributed by atoms with van der Waals surface area (Å²) in [7, 11) is 0. The van der Waals surface area contributed by atoms with Crippen molar-refractivity contribution in [3.05, 3.63) is 58.6 Å². The van der Waals surface area contributed by atoms with Crippen LogP contribution in [0.3, 0.4) is 0 Å². The van der Waals surface area contributed by atoms with Crippen LogP contribution in [0, 0.1) is 0 Å². The lowest BCUT2D eigenvalue weighted by molar-refractivity contribution is 0.102. The van der Waals surface area contributed by atoms with E-state index >= 15 is 0 Å². The highest BCUT2D eigenvalue weighted by atomic mass is 35.5. The van der Waals surface area contributed by atoms with Crippen molar-refractivity contribution in [3.63, 3.8) is 0 Å². The number of alkyl carbamates (subject to hydrolysis) is 1. The number of benzene rings is 2. The van der Waals surface area contributed by atoms with Gasteiger partial charge in [-0.05, 0) is 63.1 Å². The Balaban J connectivity index is 2.01. The average Bonchev–Trinajstić information content (AvgIpc) is 2.63. The van der Waals surface area contributed by atoms with Crippen LogP contribution in [-0.2, 0) is 11.2 Å². The highest BCUT2D eigenvalue weighted by Crippen LogP contribution is 2.25. The highest BCUT2D eigenvalue weighted by molar-refractivity contribution is 6.34. The third-order valence-electron chi connectivity index (χ3n) is 3.86. The van der Waals surface area contributed by atoms with Gasteiger partial charge in [0.2, 0.25) is 0 Å². The fraction of sp³-hybridized carbons (Fsp3) is 0.286. The maximum Gasteiger partial charge on any atom is 0.407 e. The first-order valence-corrected chi connectivity index (χ1v) is 9.57. The monoisotopic (exact) mass is 416 g/mol. The molecule has 29 heavy (non-hydrogen) atoms. The molecular formula is C21H25ClN4O3. The molecule has 0 aliphatic carbocycles. The van der Waals surface area contributed by atoms with Crippen molar-refractivity contribution in [2.24, 2.45) is 10.7 Å². The summed E-state index contributed by atoms with van der Waals surface area (Å²) >= 11 is 6.33. The summed E-state index contributed by atoms with van der Waals surface area (Å²) in [4.78, 5) is 28.1. The lowest BCUT2D eigenvalue weighted by Crippen LogP contribution is -2.35. The van der Waals surface area contributed by atoms with Crippen LogP contribution < -0.4 is 16.4 Å². The molecule has 0 radical (unpaired) electrons. The Kier molecular flexibility index (Phi) is 8.03.